The van der Waals surface area contributed by atoms with Crippen molar-refractivity contribution in [1.29, 1.82) is 0 Å². The molecule has 78 valence electrons. The maximum absolute atomic E-state index is 5.54. The Morgan fingerprint density at radius 3 is 2.38 bits per heavy atom. The maximum atomic E-state index is 5.54. The lowest BCUT2D eigenvalue weighted by atomic mass is 9.83. The molecule has 3 nitrogen and oxygen atoms in total. The van der Waals surface area contributed by atoms with E-state index in [0.717, 1.165) is 31.7 Å². The summed E-state index contributed by atoms with van der Waals surface area (Å²) in [5.41, 5.74) is 5.54. The highest BCUT2D eigenvalue weighted by Gasteiger charge is 2.29. The Bertz CT molecular complexity index is 141. The lowest BCUT2D eigenvalue weighted by molar-refractivity contribution is -0.0708. The average molecular weight is 187 g/mol. The summed E-state index contributed by atoms with van der Waals surface area (Å²) in [6, 6.07) is 0. The largest absolute Gasteiger partial charge is 0.379 e. The minimum Gasteiger partial charge on any atom is -0.379 e. The van der Waals surface area contributed by atoms with Gasteiger partial charge in [-0.15, -0.1) is 0 Å². The van der Waals surface area contributed by atoms with Crippen LogP contribution in [0.15, 0.2) is 0 Å². The first kappa shape index (κ1) is 11.0. The first-order valence-corrected chi connectivity index (χ1v) is 5.07. The van der Waals surface area contributed by atoms with E-state index in [2.05, 4.69) is 0 Å². The van der Waals surface area contributed by atoms with E-state index in [1.807, 2.05) is 0 Å². The van der Waals surface area contributed by atoms with Crippen molar-refractivity contribution in [3.63, 3.8) is 0 Å². The molecule has 0 aromatic heterocycles. The van der Waals surface area contributed by atoms with Gasteiger partial charge in [-0.25, -0.2) is 0 Å². The van der Waals surface area contributed by atoms with Crippen molar-refractivity contribution in [3.8, 4) is 0 Å². The molecule has 0 heterocycles. The minimum atomic E-state index is 0.273. The second-order valence-electron chi connectivity index (χ2n) is 3.80. The fourth-order valence-electron chi connectivity index (χ4n) is 2.20. The SMILES string of the molecule is COC1CCC(CCN)CC1OC. The molecule has 13 heavy (non-hydrogen) atoms. The minimum absolute atomic E-state index is 0.273. The summed E-state index contributed by atoms with van der Waals surface area (Å²) in [4.78, 5) is 0. The molecule has 0 aromatic carbocycles. The Labute approximate surface area is 80.6 Å². The highest BCUT2D eigenvalue weighted by Crippen LogP contribution is 2.29. The molecule has 0 radical (unpaired) electrons. The molecule has 1 fully saturated rings. The molecule has 0 aliphatic heterocycles. The predicted molar refractivity (Wildman–Crippen MR) is 52.6 cm³/mol. The van der Waals surface area contributed by atoms with Crippen molar-refractivity contribution < 1.29 is 9.47 Å². The van der Waals surface area contributed by atoms with Crippen LogP contribution in [0.4, 0.5) is 0 Å². The zero-order valence-electron chi connectivity index (χ0n) is 8.66. The fourth-order valence-corrected chi connectivity index (χ4v) is 2.20. The number of hydrogen-bond donors (Lipinski definition) is 1. The summed E-state index contributed by atoms with van der Waals surface area (Å²) in [6.07, 6.45) is 5.13. The molecule has 2 N–H and O–H groups in total. The molecular weight excluding hydrogens is 166 g/mol. The van der Waals surface area contributed by atoms with Crippen LogP contribution in [0.25, 0.3) is 0 Å². The van der Waals surface area contributed by atoms with E-state index in [4.69, 9.17) is 15.2 Å². The van der Waals surface area contributed by atoms with Gasteiger partial charge >= 0.3 is 0 Å². The number of rotatable bonds is 4. The highest BCUT2D eigenvalue weighted by atomic mass is 16.5. The van der Waals surface area contributed by atoms with Crippen LogP contribution in [0.5, 0.6) is 0 Å². The van der Waals surface area contributed by atoms with Crippen LogP contribution >= 0.6 is 0 Å². The average Bonchev–Trinajstić information content (AvgIpc) is 2.18. The van der Waals surface area contributed by atoms with Crippen molar-refractivity contribution in [2.45, 2.75) is 37.9 Å². The molecule has 0 saturated heterocycles. The molecule has 0 bridgehead atoms. The van der Waals surface area contributed by atoms with Crippen molar-refractivity contribution in [2.75, 3.05) is 20.8 Å². The number of hydrogen-bond acceptors (Lipinski definition) is 3. The second kappa shape index (κ2) is 5.58. The standard InChI is InChI=1S/C10H21NO2/c1-12-9-4-3-8(5-6-11)7-10(9)13-2/h8-10H,3-7,11H2,1-2H3. The maximum Gasteiger partial charge on any atom is 0.0835 e. The van der Waals surface area contributed by atoms with Crippen molar-refractivity contribution >= 4 is 0 Å². The Morgan fingerprint density at radius 1 is 1.15 bits per heavy atom. The van der Waals surface area contributed by atoms with Gasteiger partial charge in [0.25, 0.3) is 0 Å². The van der Waals surface area contributed by atoms with E-state index in [-0.39, 0.29) is 6.10 Å². The van der Waals surface area contributed by atoms with E-state index < -0.39 is 0 Å². The number of ether oxygens (including phenoxy) is 2. The highest BCUT2D eigenvalue weighted by molar-refractivity contribution is 4.81. The third kappa shape index (κ3) is 2.93. The van der Waals surface area contributed by atoms with Gasteiger partial charge in [-0.2, -0.15) is 0 Å². The van der Waals surface area contributed by atoms with E-state index in [9.17, 15) is 0 Å². The van der Waals surface area contributed by atoms with Crippen LogP contribution < -0.4 is 5.73 Å². The Hall–Kier alpha value is -0.120. The number of methoxy groups -OCH3 is 2. The van der Waals surface area contributed by atoms with Crippen molar-refractivity contribution in [3.05, 3.63) is 0 Å². The third-order valence-corrected chi connectivity index (χ3v) is 3.02. The van der Waals surface area contributed by atoms with Gasteiger partial charge in [0.1, 0.15) is 0 Å². The molecule has 3 atom stereocenters. The molecular formula is C10H21NO2. The third-order valence-electron chi connectivity index (χ3n) is 3.02. The molecule has 1 rings (SSSR count). The molecule has 1 saturated carbocycles. The van der Waals surface area contributed by atoms with Gasteiger partial charge in [-0.05, 0) is 38.1 Å². The van der Waals surface area contributed by atoms with E-state index in [1.165, 1.54) is 6.42 Å². The lowest BCUT2D eigenvalue weighted by Gasteiger charge is -2.34. The summed E-state index contributed by atoms with van der Waals surface area (Å²) in [5.74, 6) is 0.737. The molecule has 3 heteroatoms. The van der Waals surface area contributed by atoms with Gasteiger partial charge in [0.15, 0.2) is 0 Å². The van der Waals surface area contributed by atoms with Gasteiger partial charge in [-0.1, -0.05) is 0 Å². The summed E-state index contributed by atoms with van der Waals surface area (Å²) < 4.78 is 10.8. The van der Waals surface area contributed by atoms with E-state index in [0.29, 0.717) is 6.10 Å². The van der Waals surface area contributed by atoms with Crippen LogP contribution in [0, 0.1) is 5.92 Å². The quantitative estimate of drug-likeness (QED) is 0.718. The topological polar surface area (TPSA) is 44.5 Å². The van der Waals surface area contributed by atoms with Crippen molar-refractivity contribution in [2.24, 2.45) is 11.7 Å². The van der Waals surface area contributed by atoms with Gasteiger partial charge in [0.05, 0.1) is 12.2 Å². The first-order valence-electron chi connectivity index (χ1n) is 5.07. The summed E-state index contributed by atoms with van der Waals surface area (Å²) in [7, 11) is 3.53. The molecule has 3 unspecified atom stereocenters. The van der Waals surface area contributed by atoms with Crippen LogP contribution in [0.2, 0.25) is 0 Å². The van der Waals surface area contributed by atoms with Gasteiger partial charge < -0.3 is 15.2 Å². The van der Waals surface area contributed by atoms with Gasteiger partial charge in [-0.3, -0.25) is 0 Å². The normalized spacial score (nSPS) is 34.8. The molecule has 1 aliphatic rings. The smallest absolute Gasteiger partial charge is 0.0835 e. The van der Waals surface area contributed by atoms with Gasteiger partial charge in [0, 0.05) is 14.2 Å². The zero-order valence-corrected chi connectivity index (χ0v) is 8.66. The Kier molecular flexibility index (Phi) is 4.70. The van der Waals surface area contributed by atoms with E-state index in [1.54, 1.807) is 14.2 Å². The number of nitrogens with two attached hydrogens (primary N) is 1. The summed E-state index contributed by atoms with van der Waals surface area (Å²) in [6.45, 7) is 0.790. The zero-order chi connectivity index (χ0) is 9.68. The molecule has 0 aromatic rings. The Morgan fingerprint density at radius 2 is 1.85 bits per heavy atom. The predicted octanol–water partition coefficient (Wildman–Crippen LogP) is 1.17. The van der Waals surface area contributed by atoms with E-state index >= 15 is 0 Å². The lowest BCUT2D eigenvalue weighted by Crippen LogP contribution is -2.37. The summed E-state index contributed by atoms with van der Waals surface area (Å²) in [5, 5.41) is 0. The fraction of sp³-hybridized carbons (Fsp3) is 1.00. The second-order valence-corrected chi connectivity index (χ2v) is 3.80. The van der Waals surface area contributed by atoms with Crippen LogP contribution in [-0.2, 0) is 9.47 Å². The van der Waals surface area contributed by atoms with Crippen LogP contribution in [0.3, 0.4) is 0 Å². The monoisotopic (exact) mass is 187 g/mol. The van der Waals surface area contributed by atoms with Crippen LogP contribution in [-0.4, -0.2) is 33.0 Å². The first-order chi connectivity index (χ1) is 6.31. The van der Waals surface area contributed by atoms with Crippen LogP contribution in [0.1, 0.15) is 25.7 Å². The molecule has 0 spiro atoms. The Balaban J connectivity index is 2.38. The van der Waals surface area contributed by atoms with Crippen molar-refractivity contribution in [1.82, 2.24) is 0 Å². The van der Waals surface area contributed by atoms with Gasteiger partial charge in [0.2, 0.25) is 0 Å². The summed E-state index contributed by atoms with van der Waals surface area (Å²) >= 11 is 0. The molecule has 1 aliphatic carbocycles. The molecule has 0 amide bonds.